The number of hydrogen-bond acceptors (Lipinski definition) is 5. The lowest BCUT2D eigenvalue weighted by molar-refractivity contribution is 0.102. The summed E-state index contributed by atoms with van der Waals surface area (Å²) in [4.78, 5) is 16.2. The fourth-order valence-electron chi connectivity index (χ4n) is 2.02. The molecule has 0 radical (unpaired) electrons. The van der Waals surface area contributed by atoms with Gasteiger partial charge >= 0.3 is 0 Å². The Bertz CT molecular complexity index is 863. The van der Waals surface area contributed by atoms with E-state index in [1.807, 2.05) is 0 Å². The molecule has 0 aliphatic heterocycles. The second-order valence-electron chi connectivity index (χ2n) is 4.95. The van der Waals surface area contributed by atoms with Gasteiger partial charge in [-0.1, -0.05) is 0 Å². The maximum Gasteiger partial charge on any atom is 0.256 e. The fourth-order valence-corrected chi connectivity index (χ4v) is 3.09. The number of sulfonamides is 1. The van der Waals surface area contributed by atoms with Crippen molar-refractivity contribution in [2.24, 2.45) is 0 Å². The number of aryl methyl sites for hydroxylation is 1. The molecule has 122 valence electrons. The molecule has 0 saturated heterocycles. The molecule has 2 aromatic rings. The molecule has 2 rings (SSSR count). The van der Waals surface area contributed by atoms with E-state index in [0.717, 1.165) is 0 Å². The Balaban J connectivity index is 2.44. The lowest BCUT2D eigenvalue weighted by atomic mass is 10.1. The summed E-state index contributed by atoms with van der Waals surface area (Å²) >= 11 is 0. The van der Waals surface area contributed by atoms with Crippen LogP contribution in [0.3, 0.4) is 0 Å². The summed E-state index contributed by atoms with van der Waals surface area (Å²) in [5.41, 5.74) is 1.39. The first-order valence-electron chi connectivity index (χ1n) is 6.76. The Morgan fingerprint density at radius 1 is 1.26 bits per heavy atom. The molecule has 0 fully saturated rings. The van der Waals surface area contributed by atoms with E-state index in [2.05, 4.69) is 15.0 Å². The number of nitrogens with one attached hydrogen (secondary N) is 2. The topological polar surface area (TPSA) is 108 Å². The van der Waals surface area contributed by atoms with Crippen LogP contribution in [0.15, 0.2) is 35.4 Å². The molecule has 23 heavy (non-hydrogen) atoms. The molecule has 1 aromatic heterocycles. The second-order valence-corrected chi connectivity index (χ2v) is 6.80. The van der Waals surface area contributed by atoms with E-state index >= 15 is 0 Å². The number of pyridine rings is 1. The van der Waals surface area contributed by atoms with Crippen LogP contribution in [0.2, 0.25) is 0 Å². The van der Waals surface area contributed by atoms with E-state index in [9.17, 15) is 18.3 Å². The first-order chi connectivity index (χ1) is 10.8. The smallest absolute Gasteiger partial charge is 0.256 e. The van der Waals surface area contributed by atoms with Crippen LogP contribution in [0.5, 0.6) is 5.75 Å². The zero-order valence-electron chi connectivity index (χ0n) is 12.9. The lowest BCUT2D eigenvalue weighted by Gasteiger charge is -2.12. The van der Waals surface area contributed by atoms with Gasteiger partial charge in [0.25, 0.3) is 5.91 Å². The van der Waals surface area contributed by atoms with Gasteiger partial charge < -0.3 is 10.4 Å². The monoisotopic (exact) mass is 335 g/mol. The van der Waals surface area contributed by atoms with Gasteiger partial charge in [-0.3, -0.25) is 4.79 Å². The van der Waals surface area contributed by atoms with Crippen LogP contribution >= 0.6 is 0 Å². The molecular weight excluding hydrogens is 318 g/mol. The quantitative estimate of drug-likeness (QED) is 0.786. The van der Waals surface area contributed by atoms with Crippen molar-refractivity contribution >= 4 is 21.7 Å². The van der Waals surface area contributed by atoms with E-state index in [0.29, 0.717) is 11.1 Å². The Kier molecular flexibility index (Phi) is 4.67. The zero-order valence-corrected chi connectivity index (χ0v) is 13.7. The number of aromatic nitrogens is 1. The van der Waals surface area contributed by atoms with Gasteiger partial charge in [0.2, 0.25) is 10.0 Å². The summed E-state index contributed by atoms with van der Waals surface area (Å²) in [6, 6.07) is 5.79. The minimum Gasteiger partial charge on any atom is -0.504 e. The van der Waals surface area contributed by atoms with Crippen molar-refractivity contribution in [1.29, 1.82) is 0 Å². The lowest BCUT2D eigenvalue weighted by Crippen LogP contribution is -2.21. The first-order valence-corrected chi connectivity index (χ1v) is 8.24. The number of nitrogens with zero attached hydrogens (tertiary/aromatic N) is 1. The van der Waals surface area contributed by atoms with Crippen molar-refractivity contribution in [3.05, 3.63) is 47.2 Å². The van der Waals surface area contributed by atoms with Crippen molar-refractivity contribution in [3.63, 3.8) is 0 Å². The summed E-state index contributed by atoms with van der Waals surface area (Å²) < 4.78 is 26.4. The van der Waals surface area contributed by atoms with Crippen LogP contribution in [0, 0.1) is 13.8 Å². The number of anilines is 1. The van der Waals surface area contributed by atoms with Crippen molar-refractivity contribution < 1.29 is 18.3 Å². The van der Waals surface area contributed by atoms with E-state index < -0.39 is 15.9 Å². The third kappa shape index (κ3) is 3.49. The molecule has 3 N–H and O–H groups in total. The average molecular weight is 335 g/mol. The summed E-state index contributed by atoms with van der Waals surface area (Å²) in [5, 5.41) is 12.1. The summed E-state index contributed by atoms with van der Waals surface area (Å²) in [5.74, 6) is -0.726. The number of aromatic hydroxyl groups is 1. The van der Waals surface area contributed by atoms with E-state index in [1.54, 1.807) is 19.9 Å². The molecule has 0 aliphatic rings. The van der Waals surface area contributed by atoms with Gasteiger partial charge in [0, 0.05) is 11.8 Å². The van der Waals surface area contributed by atoms with Crippen molar-refractivity contribution in [1.82, 2.24) is 9.71 Å². The molecule has 0 spiro atoms. The predicted molar refractivity (Wildman–Crippen MR) is 86.0 cm³/mol. The molecule has 1 aromatic carbocycles. The summed E-state index contributed by atoms with van der Waals surface area (Å²) in [6.45, 7) is 3.39. The highest BCUT2D eigenvalue weighted by Gasteiger charge is 2.20. The Labute approximate surface area is 134 Å². The SMILES string of the molecule is CNS(=O)(=O)c1cc(C(=O)Nc2ncccc2O)cc(C)c1C. The van der Waals surface area contributed by atoms with Crippen LogP contribution in [-0.2, 0) is 10.0 Å². The van der Waals surface area contributed by atoms with Gasteiger partial charge in [-0.15, -0.1) is 0 Å². The normalized spacial score (nSPS) is 11.3. The molecule has 0 bridgehead atoms. The minimum atomic E-state index is -3.68. The maximum atomic E-state index is 12.3. The van der Waals surface area contributed by atoms with Gasteiger partial charge in [0.1, 0.15) is 0 Å². The number of carbonyl (C=O) groups excluding carboxylic acids is 1. The third-order valence-electron chi connectivity index (χ3n) is 3.46. The van der Waals surface area contributed by atoms with Crippen LogP contribution in [-0.4, -0.2) is 31.5 Å². The van der Waals surface area contributed by atoms with Crippen molar-refractivity contribution in [3.8, 4) is 5.75 Å². The highest BCUT2D eigenvalue weighted by atomic mass is 32.2. The summed E-state index contributed by atoms with van der Waals surface area (Å²) in [6.07, 6.45) is 1.42. The van der Waals surface area contributed by atoms with Gasteiger partial charge in [-0.25, -0.2) is 18.1 Å². The van der Waals surface area contributed by atoms with Gasteiger partial charge in [0.15, 0.2) is 11.6 Å². The number of hydrogen-bond donors (Lipinski definition) is 3. The minimum absolute atomic E-state index is 0.00810. The molecule has 0 unspecified atom stereocenters. The largest absolute Gasteiger partial charge is 0.504 e. The van der Waals surface area contributed by atoms with Gasteiger partial charge in [-0.2, -0.15) is 0 Å². The standard InChI is InChI=1S/C15H17N3O4S/c1-9-7-11(8-13(10(9)2)23(21,22)16-3)15(20)18-14-12(19)5-4-6-17-14/h4-8,16,19H,1-3H3,(H,17,18,20). The molecule has 7 nitrogen and oxygen atoms in total. The fraction of sp³-hybridized carbons (Fsp3) is 0.200. The average Bonchev–Trinajstić information content (AvgIpc) is 2.51. The van der Waals surface area contributed by atoms with E-state index in [1.165, 1.54) is 31.4 Å². The van der Waals surface area contributed by atoms with Gasteiger partial charge in [-0.05, 0) is 56.3 Å². The Morgan fingerprint density at radius 3 is 2.57 bits per heavy atom. The van der Waals surface area contributed by atoms with Crippen LogP contribution in [0.25, 0.3) is 0 Å². The number of benzene rings is 1. The maximum absolute atomic E-state index is 12.3. The summed E-state index contributed by atoms with van der Waals surface area (Å²) in [7, 11) is -2.38. The highest BCUT2D eigenvalue weighted by molar-refractivity contribution is 7.89. The predicted octanol–water partition coefficient (Wildman–Crippen LogP) is 1.56. The Morgan fingerprint density at radius 2 is 1.96 bits per heavy atom. The van der Waals surface area contributed by atoms with Crippen LogP contribution < -0.4 is 10.0 Å². The number of rotatable bonds is 4. The molecule has 8 heteroatoms. The number of carbonyl (C=O) groups is 1. The van der Waals surface area contributed by atoms with Gasteiger partial charge in [0.05, 0.1) is 4.90 Å². The molecule has 0 saturated carbocycles. The van der Waals surface area contributed by atoms with Crippen LogP contribution in [0.4, 0.5) is 5.82 Å². The highest BCUT2D eigenvalue weighted by Crippen LogP contribution is 2.23. The third-order valence-corrected chi connectivity index (χ3v) is 5.00. The first kappa shape index (κ1) is 16.9. The van der Waals surface area contributed by atoms with Crippen LogP contribution in [0.1, 0.15) is 21.5 Å². The molecule has 1 amide bonds. The zero-order chi connectivity index (χ0) is 17.2. The number of amides is 1. The van der Waals surface area contributed by atoms with Crippen molar-refractivity contribution in [2.45, 2.75) is 18.7 Å². The van der Waals surface area contributed by atoms with E-state index in [-0.39, 0.29) is 22.0 Å². The van der Waals surface area contributed by atoms with Crippen molar-refractivity contribution in [2.75, 3.05) is 12.4 Å². The Hall–Kier alpha value is -2.45. The molecule has 1 heterocycles. The molecular formula is C15H17N3O4S. The molecule has 0 atom stereocenters. The van der Waals surface area contributed by atoms with E-state index in [4.69, 9.17) is 0 Å². The second kappa shape index (κ2) is 6.35. The molecule has 0 aliphatic carbocycles.